The molecule has 0 saturated heterocycles. The molecule has 1 aromatic rings. The molecule has 0 spiro atoms. The Hall–Kier alpha value is -1.58. The first-order chi connectivity index (χ1) is 5.72. The molecule has 1 aromatic heterocycles. The first kappa shape index (κ1) is 8.52. The van der Waals surface area contributed by atoms with E-state index in [1.807, 2.05) is 6.07 Å². The number of nitriles is 1. The predicted octanol–water partition coefficient (Wildman–Crippen LogP) is -0.698. The summed E-state index contributed by atoms with van der Waals surface area (Å²) in [6.07, 6.45) is 2.62. The van der Waals surface area contributed by atoms with Crippen molar-refractivity contribution >= 4 is 7.32 Å². The summed E-state index contributed by atoms with van der Waals surface area (Å²) in [6.45, 7) is 0. The van der Waals surface area contributed by atoms with Gasteiger partial charge in [0.1, 0.15) is 11.8 Å². The Balaban J connectivity index is 2.81. The highest BCUT2D eigenvalue weighted by Crippen LogP contribution is 2.09. The highest BCUT2D eigenvalue weighted by molar-refractivity contribution is 6.33. The summed E-state index contributed by atoms with van der Waals surface area (Å²) in [6, 6.07) is 3.19. The Morgan fingerprint density at radius 2 is 2.25 bits per heavy atom. The number of aromatic nitrogens is 1. The minimum Gasteiger partial charge on any atom is -0.511 e. The van der Waals surface area contributed by atoms with Crippen LogP contribution in [0.2, 0.25) is 0 Å². The molecule has 2 N–H and O–H groups in total. The zero-order chi connectivity index (χ0) is 8.97. The molecule has 6 heteroatoms. The van der Waals surface area contributed by atoms with Gasteiger partial charge in [-0.3, -0.25) is 4.98 Å². The Morgan fingerprint density at radius 3 is 2.83 bits per heavy atom. The van der Waals surface area contributed by atoms with Crippen molar-refractivity contribution in [3.05, 3.63) is 24.0 Å². The van der Waals surface area contributed by atoms with E-state index in [0.717, 1.165) is 0 Å². The summed E-state index contributed by atoms with van der Waals surface area (Å²) >= 11 is 0. The van der Waals surface area contributed by atoms with Crippen molar-refractivity contribution in [2.45, 2.75) is 0 Å². The van der Waals surface area contributed by atoms with Crippen molar-refractivity contribution in [2.75, 3.05) is 0 Å². The smallest absolute Gasteiger partial charge is 0.511 e. The van der Waals surface area contributed by atoms with E-state index in [1.54, 1.807) is 0 Å². The lowest BCUT2D eigenvalue weighted by Gasteiger charge is -2.02. The Morgan fingerprint density at radius 1 is 1.50 bits per heavy atom. The van der Waals surface area contributed by atoms with Gasteiger partial charge < -0.3 is 14.7 Å². The number of pyridine rings is 1. The second-order valence-electron chi connectivity index (χ2n) is 1.97. The van der Waals surface area contributed by atoms with Crippen LogP contribution in [0, 0.1) is 11.3 Å². The SMILES string of the molecule is N#Cc1cncc(OB(O)O)c1. The monoisotopic (exact) mass is 164 g/mol. The predicted molar refractivity (Wildman–Crippen MR) is 39.8 cm³/mol. The lowest BCUT2D eigenvalue weighted by molar-refractivity contribution is 0.287. The molecule has 0 aliphatic rings. The van der Waals surface area contributed by atoms with E-state index in [2.05, 4.69) is 9.64 Å². The normalized spacial score (nSPS) is 8.75. The van der Waals surface area contributed by atoms with Crippen LogP contribution in [-0.4, -0.2) is 22.4 Å². The molecule has 0 aliphatic carbocycles. The van der Waals surface area contributed by atoms with Crippen LogP contribution < -0.4 is 4.65 Å². The second-order valence-corrected chi connectivity index (χ2v) is 1.97. The molecule has 0 radical (unpaired) electrons. The van der Waals surface area contributed by atoms with Crippen molar-refractivity contribution in [3.8, 4) is 11.8 Å². The molecule has 0 amide bonds. The molecule has 0 aliphatic heterocycles. The summed E-state index contributed by atoms with van der Waals surface area (Å²) < 4.78 is 4.45. The Kier molecular flexibility index (Phi) is 2.64. The van der Waals surface area contributed by atoms with Gasteiger partial charge in [-0.25, -0.2) is 0 Å². The van der Waals surface area contributed by atoms with Crippen molar-refractivity contribution in [1.29, 1.82) is 5.26 Å². The van der Waals surface area contributed by atoms with Gasteiger partial charge in [-0.1, -0.05) is 0 Å². The lowest BCUT2D eigenvalue weighted by Crippen LogP contribution is -2.20. The van der Waals surface area contributed by atoms with E-state index in [0.29, 0.717) is 5.56 Å². The van der Waals surface area contributed by atoms with Gasteiger partial charge in [0.2, 0.25) is 0 Å². The standard InChI is InChI=1S/C6H5BN2O3/c8-2-5-1-6(4-9-3-5)12-7(10)11/h1,3-4,10-11H. The highest BCUT2D eigenvalue weighted by Gasteiger charge is 2.11. The fraction of sp³-hybridized carbons (Fsp3) is 0. The molecule has 0 bridgehead atoms. The largest absolute Gasteiger partial charge is 0.707 e. The third kappa shape index (κ3) is 2.23. The number of rotatable bonds is 2. The zero-order valence-corrected chi connectivity index (χ0v) is 6.01. The van der Waals surface area contributed by atoms with Gasteiger partial charge in [-0.05, 0) is 6.07 Å². The maximum atomic E-state index is 8.43. The van der Waals surface area contributed by atoms with Crippen LogP contribution in [0.25, 0.3) is 0 Å². The average Bonchev–Trinajstić information content (AvgIpc) is 2.03. The summed E-state index contributed by atoms with van der Waals surface area (Å²) in [7, 11) is -1.89. The van der Waals surface area contributed by atoms with Crippen LogP contribution in [0.3, 0.4) is 0 Å². The highest BCUT2D eigenvalue weighted by atomic mass is 16.6. The molecule has 0 fully saturated rings. The molecule has 5 nitrogen and oxygen atoms in total. The van der Waals surface area contributed by atoms with Crippen LogP contribution in [0.5, 0.6) is 5.75 Å². The van der Waals surface area contributed by atoms with E-state index in [9.17, 15) is 0 Å². The number of hydrogen-bond acceptors (Lipinski definition) is 5. The molecule has 1 rings (SSSR count). The molecule has 0 saturated carbocycles. The van der Waals surface area contributed by atoms with Crippen molar-refractivity contribution in [1.82, 2.24) is 4.98 Å². The molecular formula is C6H5BN2O3. The van der Waals surface area contributed by atoms with E-state index < -0.39 is 7.32 Å². The van der Waals surface area contributed by atoms with Gasteiger partial charge in [0.25, 0.3) is 0 Å². The minimum absolute atomic E-state index is 0.143. The molecular weight excluding hydrogens is 159 g/mol. The topological polar surface area (TPSA) is 86.4 Å². The molecule has 1 heterocycles. The summed E-state index contributed by atoms with van der Waals surface area (Å²) in [4.78, 5) is 3.64. The molecule has 0 unspecified atom stereocenters. The molecule has 0 atom stereocenters. The number of hydrogen-bond donors (Lipinski definition) is 2. The van der Waals surface area contributed by atoms with E-state index in [1.165, 1.54) is 18.5 Å². The summed E-state index contributed by atoms with van der Waals surface area (Å²) in [5.41, 5.74) is 0.299. The first-order valence-corrected chi connectivity index (χ1v) is 3.10. The third-order valence-corrected chi connectivity index (χ3v) is 1.08. The van der Waals surface area contributed by atoms with Crippen molar-refractivity contribution < 1.29 is 14.7 Å². The lowest BCUT2D eigenvalue weighted by atomic mass is 10.2. The van der Waals surface area contributed by atoms with Gasteiger partial charge in [-0.15, -0.1) is 0 Å². The van der Waals surface area contributed by atoms with Crippen LogP contribution in [0.1, 0.15) is 5.56 Å². The Bertz CT molecular complexity index is 310. The van der Waals surface area contributed by atoms with Gasteiger partial charge in [0.05, 0.1) is 11.8 Å². The van der Waals surface area contributed by atoms with E-state index in [-0.39, 0.29) is 5.75 Å². The fourth-order valence-corrected chi connectivity index (χ4v) is 0.666. The zero-order valence-electron chi connectivity index (χ0n) is 6.01. The fourth-order valence-electron chi connectivity index (χ4n) is 0.666. The summed E-state index contributed by atoms with van der Waals surface area (Å²) in [5, 5.41) is 25.2. The third-order valence-electron chi connectivity index (χ3n) is 1.08. The van der Waals surface area contributed by atoms with Crippen LogP contribution in [0.15, 0.2) is 18.5 Å². The number of nitrogens with zero attached hydrogens (tertiary/aromatic N) is 2. The van der Waals surface area contributed by atoms with E-state index in [4.69, 9.17) is 15.3 Å². The van der Waals surface area contributed by atoms with Crippen molar-refractivity contribution in [3.63, 3.8) is 0 Å². The maximum Gasteiger partial charge on any atom is 0.707 e. The van der Waals surface area contributed by atoms with Gasteiger partial charge in [-0.2, -0.15) is 5.26 Å². The minimum atomic E-state index is -1.89. The Labute approximate surface area is 69.0 Å². The van der Waals surface area contributed by atoms with E-state index >= 15 is 0 Å². The van der Waals surface area contributed by atoms with Crippen LogP contribution in [0.4, 0.5) is 0 Å². The van der Waals surface area contributed by atoms with Gasteiger partial charge in [0.15, 0.2) is 0 Å². The van der Waals surface area contributed by atoms with Crippen molar-refractivity contribution in [2.24, 2.45) is 0 Å². The van der Waals surface area contributed by atoms with Gasteiger partial charge in [0, 0.05) is 6.20 Å². The average molecular weight is 164 g/mol. The summed E-state index contributed by atoms with van der Waals surface area (Å²) in [5.74, 6) is 0.143. The van der Waals surface area contributed by atoms with Gasteiger partial charge >= 0.3 is 7.32 Å². The van der Waals surface area contributed by atoms with Crippen LogP contribution in [-0.2, 0) is 0 Å². The molecule has 12 heavy (non-hydrogen) atoms. The second kappa shape index (κ2) is 3.71. The van der Waals surface area contributed by atoms with Crippen LogP contribution >= 0.6 is 0 Å². The molecule has 60 valence electrons. The first-order valence-electron chi connectivity index (χ1n) is 3.10. The maximum absolute atomic E-state index is 8.43. The molecule has 0 aromatic carbocycles. The quantitative estimate of drug-likeness (QED) is 0.564.